The van der Waals surface area contributed by atoms with Gasteiger partial charge in [-0.3, -0.25) is 0 Å². The van der Waals surface area contributed by atoms with Crippen molar-refractivity contribution in [1.29, 1.82) is 0 Å². The van der Waals surface area contributed by atoms with Gasteiger partial charge in [0.2, 0.25) is 5.89 Å². The standard InChI is InChI=1S/C16H13NO3S2/c1-19-15(18)13-8-11(16(21-2)22-13)14-17-12(9-20-14)10-6-4-3-5-7-10/h3-9H,1-2H3. The second-order valence-electron chi connectivity index (χ2n) is 4.41. The Balaban J connectivity index is 2.00. The highest BCUT2D eigenvalue weighted by Gasteiger charge is 2.19. The maximum atomic E-state index is 11.7. The van der Waals surface area contributed by atoms with Gasteiger partial charge in [-0.2, -0.15) is 0 Å². The molecule has 0 aliphatic heterocycles. The Bertz CT molecular complexity index is 793. The van der Waals surface area contributed by atoms with Crippen LogP contribution in [0.2, 0.25) is 0 Å². The van der Waals surface area contributed by atoms with E-state index in [1.165, 1.54) is 18.4 Å². The van der Waals surface area contributed by atoms with Crippen molar-refractivity contribution in [3.8, 4) is 22.7 Å². The van der Waals surface area contributed by atoms with E-state index in [0.29, 0.717) is 10.8 Å². The number of methoxy groups -OCH3 is 1. The second kappa shape index (κ2) is 6.37. The number of ether oxygens (including phenoxy) is 1. The summed E-state index contributed by atoms with van der Waals surface area (Å²) in [6.07, 6.45) is 3.59. The molecule has 0 fully saturated rings. The van der Waals surface area contributed by atoms with Gasteiger partial charge in [0, 0.05) is 5.56 Å². The Morgan fingerprint density at radius 3 is 2.77 bits per heavy atom. The number of nitrogens with zero attached hydrogens (tertiary/aromatic N) is 1. The van der Waals surface area contributed by atoms with E-state index in [9.17, 15) is 4.79 Å². The average Bonchev–Trinajstić information content (AvgIpc) is 3.21. The molecule has 0 amide bonds. The molecule has 0 N–H and O–H groups in total. The smallest absolute Gasteiger partial charge is 0.348 e. The number of hydrogen-bond acceptors (Lipinski definition) is 6. The molecule has 4 nitrogen and oxygen atoms in total. The molecule has 0 saturated carbocycles. The molecule has 6 heteroatoms. The summed E-state index contributed by atoms with van der Waals surface area (Å²) in [5.74, 6) is 0.163. The molecule has 1 aromatic carbocycles. The van der Waals surface area contributed by atoms with Crippen molar-refractivity contribution in [2.75, 3.05) is 13.4 Å². The number of hydrogen-bond donors (Lipinski definition) is 0. The van der Waals surface area contributed by atoms with Crippen LogP contribution in [0.4, 0.5) is 0 Å². The number of carbonyl (C=O) groups is 1. The quantitative estimate of drug-likeness (QED) is 0.517. The van der Waals surface area contributed by atoms with Crippen LogP contribution in [0.25, 0.3) is 22.7 Å². The SMILES string of the molecule is COC(=O)c1cc(-c2nc(-c3ccccc3)co2)c(SC)s1. The fourth-order valence-corrected chi connectivity index (χ4v) is 3.78. The summed E-state index contributed by atoms with van der Waals surface area (Å²) in [5, 5.41) is 0. The first-order chi connectivity index (χ1) is 10.7. The lowest BCUT2D eigenvalue weighted by Gasteiger charge is -1.94. The highest BCUT2D eigenvalue weighted by Crippen LogP contribution is 2.38. The minimum atomic E-state index is -0.346. The van der Waals surface area contributed by atoms with E-state index in [2.05, 4.69) is 4.98 Å². The van der Waals surface area contributed by atoms with E-state index in [4.69, 9.17) is 9.15 Å². The maximum Gasteiger partial charge on any atom is 0.348 e. The molecule has 0 saturated heterocycles. The average molecular weight is 331 g/mol. The number of esters is 1. The van der Waals surface area contributed by atoms with Crippen LogP contribution in [-0.4, -0.2) is 24.3 Å². The fraction of sp³-hybridized carbons (Fsp3) is 0.125. The van der Waals surface area contributed by atoms with Gasteiger partial charge in [0.1, 0.15) is 16.8 Å². The molecular formula is C16H13NO3S2. The Kier molecular flexibility index (Phi) is 4.31. The number of aromatic nitrogens is 1. The zero-order valence-corrected chi connectivity index (χ0v) is 13.7. The third kappa shape index (κ3) is 2.80. The number of carbonyl (C=O) groups excluding carboxylic acids is 1. The van der Waals surface area contributed by atoms with Gasteiger partial charge in [-0.1, -0.05) is 30.3 Å². The third-order valence-corrected chi connectivity index (χ3v) is 5.32. The molecule has 0 spiro atoms. The summed E-state index contributed by atoms with van der Waals surface area (Å²) in [5.41, 5.74) is 2.58. The van der Waals surface area contributed by atoms with Gasteiger partial charge in [-0.15, -0.1) is 23.1 Å². The maximum absolute atomic E-state index is 11.7. The number of oxazole rings is 1. The first kappa shape index (κ1) is 14.9. The van der Waals surface area contributed by atoms with Crippen LogP contribution in [0, 0.1) is 0 Å². The first-order valence-electron chi connectivity index (χ1n) is 6.50. The topological polar surface area (TPSA) is 52.3 Å². The van der Waals surface area contributed by atoms with Gasteiger partial charge >= 0.3 is 5.97 Å². The predicted octanol–water partition coefficient (Wildman–Crippen LogP) is 4.58. The molecule has 0 unspecified atom stereocenters. The summed E-state index contributed by atoms with van der Waals surface area (Å²) >= 11 is 2.94. The summed E-state index contributed by atoms with van der Waals surface area (Å²) in [4.78, 5) is 16.8. The van der Waals surface area contributed by atoms with Crippen molar-refractivity contribution in [1.82, 2.24) is 4.98 Å². The van der Waals surface area contributed by atoms with E-state index < -0.39 is 0 Å². The summed E-state index contributed by atoms with van der Waals surface area (Å²) in [6, 6.07) is 11.6. The van der Waals surface area contributed by atoms with Crippen LogP contribution < -0.4 is 0 Å². The molecule has 22 heavy (non-hydrogen) atoms. The monoisotopic (exact) mass is 331 g/mol. The molecule has 3 aromatic rings. The van der Waals surface area contributed by atoms with Gasteiger partial charge in [-0.05, 0) is 12.3 Å². The van der Waals surface area contributed by atoms with Crippen LogP contribution in [0.3, 0.4) is 0 Å². The van der Waals surface area contributed by atoms with Crippen LogP contribution in [0.15, 0.2) is 51.3 Å². The molecule has 0 bridgehead atoms. The van der Waals surface area contributed by atoms with Crippen molar-refractivity contribution in [2.24, 2.45) is 0 Å². The van der Waals surface area contributed by atoms with E-state index in [0.717, 1.165) is 21.0 Å². The number of thiophene rings is 1. The van der Waals surface area contributed by atoms with Gasteiger partial charge in [-0.25, -0.2) is 9.78 Å². The van der Waals surface area contributed by atoms with Gasteiger partial charge in [0.05, 0.1) is 16.9 Å². The highest BCUT2D eigenvalue weighted by atomic mass is 32.2. The molecule has 3 rings (SSSR count). The summed E-state index contributed by atoms with van der Waals surface area (Å²) < 4.78 is 11.3. The molecular weight excluding hydrogens is 318 g/mol. The normalized spacial score (nSPS) is 10.6. The van der Waals surface area contributed by atoms with E-state index in [1.807, 2.05) is 36.6 Å². The Labute approximate surface area is 136 Å². The summed E-state index contributed by atoms with van der Waals surface area (Å²) in [7, 11) is 1.37. The van der Waals surface area contributed by atoms with Crippen molar-refractivity contribution < 1.29 is 13.9 Å². The zero-order valence-electron chi connectivity index (χ0n) is 12.0. The van der Waals surface area contributed by atoms with E-state index >= 15 is 0 Å². The predicted molar refractivity (Wildman–Crippen MR) is 88.4 cm³/mol. The summed E-state index contributed by atoms with van der Waals surface area (Å²) in [6.45, 7) is 0. The number of thioether (sulfide) groups is 1. The number of benzene rings is 1. The van der Waals surface area contributed by atoms with Gasteiger partial charge < -0.3 is 9.15 Å². The Morgan fingerprint density at radius 2 is 2.09 bits per heavy atom. The molecule has 0 atom stereocenters. The zero-order chi connectivity index (χ0) is 15.5. The lowest BCUT2D eigenvalue weighted by Crippen LogP contribution is -1.96. The highest BCUT2D eigenvalue weighted by molar-refractivity contribution is 8.00. The van der Waals surface area contributed by atoms with E-state index in [1.54, 1.807) is 24.1 Å². The van der Waals surface area contributed by atoms with Crippen LogP contribution >= 0.6 is 23.1 Å². The van der Waals surface area contributed by atoms with Crippen molar-refractivity contribution in [3.63, 3.8) is 0 Å². The largest absolute Gasteiger partial charge is 0.465 e. The minimum Gasteiger partial charge on any atom is -0.465 e. The fourth-order valence-electron chi connectivity index (χ4n) is 2.02. The first-order valence-corrected chi connectivity index (χ1v) is 8.54. The third-order valence-electron chi connectivity index (χ3n) is 3.07. The lowest BCUT2D eigenvalue weighted by atomic mass is 10.2. The van der Waals surface area contributed by atoms with Crippen LogP contribution in [0.1, 0.15) is 9.67 Å². The lowest BCUT2D eigenvalue weighted by molar-refractivity contribution is 0.0606. The molecule has 0 radical (unpaired) electrons. The molecule has 112 valence electrons. The van der Waals surface area contributed by atoms with Crippen molar-refractivity contribution >= 4 is 29.1 Å². The number of rotatable bonds is 4. The Morgan fingerprint density at radius 1 is 1.32 bits per heavy atom. The van der Waals surface area contributed by atoms with Gasteiger partial charge in [0.25, 0.3) is 0 Å². The molecule has 2 heterocycles. The van der Waals surface area contributed by atoms with Crippen LogP contribution in [0.5, 0.6) is 0 Å². The van der Waals surface area contributed by atoms with Crippen molar-refractivity contribution in [3.05, 3.63) is 47.5 Å². The molecule has 2 aromatic heterocycles. The van der Waals surface area contributed by atoms with E-state index in [-0.39, 0.29) is 5.97 Å². The molecule has 0 aliphatic carbocycles. The van der Waals surface area contributed by atoms with Gasteiger partial charge in [0.15, 0.2) is 0 Å². The second-order valence-corrected chi connectivity index (χ2v) is 6.54. The minimum absolute atomic E-state index is 0.346. The van der Waals surface area contributed by atoms with Crippen LogP contribution in [-0.2, 0) is 4.74 Å². The van der Waals surface area contributed by atoms with Crippen molar-refractivity contribution in [2.45, 2.75) is 4.21 Å². The molecule has 0 aliphatic rings. The Hall–Kier alpha value is -2.05.